The van der Waals surface area contributed by atoms with Crippen LogP contribution in [0.15, 0.2) is 0 Å². The van der Waals surface area contributed by atoms with Crippen molar-refractivity contribution in [1.82, 2.24) is 14.7 Å². The van der Waals surface area contributed by atoms with Crippen molar-refractivity contribution in [2.24, 2.45) is 13.0 Å². The summed E-state index contributed by atoms with van der Waals surface area (Å²) in [5, 5.41) is 16.7. The van der Waals surface area contributed by atoms with Crippen LogP contribution in [-0.4, -0.2) is 41.4 Å². The largest absolute Gasteiger partial charge is 0.369 e. The molecule has 1 unspecified atom stereocenters. The zero-order valence-corrected chi connectivity index (χ0v) is 10.7. The second-order valence-corrected chi connectivity index (χ2v) is 4.84. The first-order valence-corrected chi connectivity index (χ1v) is 5.98. The van der Waals surface area contributed by atoms with Gasteiger partial charge in [0.1, 0.15) is 17.5 Å². The molecular weight excluding hydrogens is 214 g/mol. The molecule has 2 heterocycles. The van der Waals surface area contributed by atoms with Crippen LogP contribution in [0.5, 0.6) is 0 Å². The van der Waals surface area contributed by atoms with E-state index in [0.29, 0.717) is 11.5 Å². The minimum absolute atomic E-state index is 0.666. The summed E-state index contributed by atoms with van der Waals surface area (Å²) in [6, 6.07) is 2.21. The molecular formula is C12H19N5. The lowest BCUT2D eigenvalue weighted by atomic mass is 10.1. The molecule has 92 valence electrons. The molecule has 1 aromatic rings. The van der Waals surface area contributed by atoms with E-state index < -0.39 is 0 Å². The Morgan fingerprint density at radius 1 is 1.53 bits per heavy atom. The Morgan fingerprint density at radius 2 is 2.29 bits per heavy atom. The second kappa shape index (κ2) is 4.76. The van der Waals surface area contributed by atoms with Crippen LogP contribution in [0.1, 0.15) is 17.7 Å². The first-order chi connectivity index (χ1) is 8.11. The average Bonchev–Trinajstić information content (AvgIpc) is 2.80. The molecule has 2 rings (SSSR count). The summed E-state index contributed by atoms with van der Waals surface area (Å²) in [6.07, 6.45) is 1.22. The summed E-state index contributed by atoms with van der Waals surface area (Å²) in [6.45, 7) is 5.08. The lowest BCUT2D eigenvalue weighted by molar-refractivity contribution is 0.399. The molecule has 1 saturated heterocycles. The van der Waals surface area contributed by atoms with Gasteiger partial charge in [-0.2, -0.15) is 10.4 Å². The van der Waals surface area contributed by atoms with E-state index in [-0.39, 0.29) is 0 Å². The number of nitrogens with one attached hydrogen (secondary N) is 1. The molecule has 1 aliphatic rings. The SMILES string of the molecule is Cc1nn(C)c(NCC2CCN(C)C2)c1C#N. The fraction of sp³-hybridized carbons (Fsp3) is 0.667. The Kier molecular flexibility index (Phi) is 3.34. The van der Waals surface area contributed by atoms with Crippen LogP contribution < -0.4 is 5.32 Å². The van der Waals surface area contributed by atoms with Crippen LogP contribution in [0.4, 0.5) is 5.82 Å². The number of aryl methyl sites for hydroxylation is 2. The highest BCUT2D eigenvalue weighted by Gasteiger charge is 2.20. The van der Waals surface area contributed by atoms with Crippen molar-refractivity contribution >= 4 is 5.82 Å². The number of anilines is 1. The summed E-state index contributed by atoms with van der Waals surface area (Å²) < 4.78 is 1.76. The van der Waals surface area contributed by atoms with Gasteiger partial charge in [-0.05, 0) is 32.9 Å². The topological polar surface area (TPSA) is 56.9 Å². The number of nitriles is 1. The zero-order chi connectivity index (χ0) is 12.4. The number of aromatic nitrogens is 2. The van der Waals surface area contributed by atoms with Crippen LogP contribution in [0.2, 0.25) is 0 Å². The standard InChI is InChI=1S/C12H19N5/c1-9-11(6-13)12(17(3)15-9)14-7-10-4-5-16(2)8-10/h10,14H,4-5,7-8H2,1-3H3. The molecule has 0 aromatic carbocycles. The summed E-state index contributed by atoms with van der Waals surface area (Å²) in [7, 11) is 4.02. The lowest BCUT2D eigenvalue weighted by Crippen LogP contribution is -2.20. The van der Waals surface area contributed by atoms with Crippen molar-refractivity contribution in [3.05, 3.63) is 11.3 Å². The highest BCUT2D eigenvalue weighted by molar-refractivity contribution is 5.54. The van der Waals surface area contributed by atoms with Gasteiger partial charge in [0.05, 0.1) is 5.69 Å². The van der Waals surface area contributed by atoms with E-state index in [1.165, 1.54) is 13.0 Å². The first kappa shape index (κ1) is 11.9. The molecule has 0 amide bonds. The summed E-state index contributed by atoms with van der Waals surface area (Å²) in [5.74, 6) is 1.52. The number of hydrogen-bond donors (Lipinski definition) is 1. The molecule has 0 saturated carbocycles. The first-order valence-electron chi connectivity index (χ1n) is 5.98. The molecule has 1 N–H and O–H groups in total. The summed E-state index contributed by atoms with van der Waals surface area (Å²) in [4.78, 5) is 2.34. The molecule has 1 aromatic heterocycles. The molecule has 5 heteroatoms. The molecule has 0 aliphatic carbocycles. The maximum Gasteiger partial charge on any atom is 0.142 e. The number of nitrogens with zero attached hydrogens (tertiary/aromatic N) is 4. The highest BCUT2D eigenvalue weighted by atomic mass is 15.3. The highest BCUT2D eigenvalue weighted by Crippen LogP contribution is 2.20. The molecule has 17 heavy (non-hydrogen) atoms. The van der Waals surface area contributed by atoms with Crippen LogP contribution in [0.25, 0.3) is 0 Å². The van der Waals surface area contributed by atoms with Gasteiger partial charge in [-0.25, -0.2) is 0 Å². The molecule has 0 radical (unpaired) electrons. The zero-order valence-electron chi connectivity index (χ0n) is 10.7. The molecule has 0 spiro atoms. The lowest BCUT2D eigenvalue weighted by Gasteiger charge is -2.12. The third-order valence-electron chi connectivity index (χ3n) is 3.38. The third-order valence-corrected chi connectivity index (χ3v) is 3.38. The van der Waals surface area contributed by atoms with Crippen molar-refractivity contribution in [1.29, 1.82) is 5.26 Å². The van der Waals surface area contributed by atoms with Gasteiger partial charge in [0.2, 0.25) is 0 Å². The smallest absolute Gasteiger partial charge is 0.142 e. The Labute approximate surface area is 102 Å². The molecule has 1 atom stereocenters. The minimum atomic E-state index is 0.666. The molecule has 0 bridgehead atoms. The number of rotatable bonds is 3. The van der Waals surface area contributed by atoms with Crippen molar-refractivity contribution in [2.45, 2.75) is 13.3 Å². The van der Waals surface area contributed by atoms with E-state index in [4.69, 9.17) is 5.26 Å². The maximum atomic E-state index is 9.10. The van der Waals surface area contributed by atoms with Gasteiger partial charge in [0.15, 0.2) is 0 Å². The van der Waals surface area contributed by atoms with Gasteiger partial charge in [0.25, 0.3) is 0 Å². The van der Waals surface area contributed by atoms with Crippen molar-refractivity contribution in [3.63, 3.8) is 0 Å². The van der Waals surface area contributed by atoms with Gasteiger partial charge >= 0.3 is 0 Å². The summed E-state index contributed by atoms with van der Waals surface area (Å²) in [5.41, 5.74) is 1.46. The van der Waals surface area contributed by atoms with Gasteiger partial charge in [-0.15, -0.1) is 0 Å². The number of hydrogen-bond acceptors (Lipinski definition) is 4. The van der Waals surface area contributed by atoms with Crippen molar-refractivity contribution in [2.75, 3.05) is 32.0 Å². The van der Waals surface area contributed by atoms with Gasteiger partial charge in [0, 0.05) is 20.1 Å². The Balaban J connectivity index is 2.02. The second-order valence-electron chi connectivity index (χ2n) is 4.84. The Morgan fingerprint density at radius 3 is 2.88 bits per heavy atom. The molecule has 1 aliphatic heterocycles. The average molecular weight is 233 g/mol. The van der Waals surface area contributed by atoms with Gasteiger partial charge in [-0.3, -0.25) is 4.68 Å². The quantitative estimate of drug-likeness (QED) is 0.845. The van der Waals surface area contributed by atoms with Gasteiger partial charge in [-0.1, -0.05) is 0 Å². The van der Waals surface area contributed by atoms with E-state index >= 15 is 0 Å². The fourth-order valence-corrected chi connectivity index (χ4v) is 2.43. The van der Waals surface area contributed by atoms with Crippen molar-refractivity contribution < 1.29 is 0 Å². The Bertz CT molecular complexity index is 442. The monoisotopic (exact) mass is 233 g/mol. The van der Waals surface area contributed by atoms with E-state index in [9.17, 15) is 0 Å². The fourth-order valence-electron chi connectivity index (χ4n) is 2.43. The van der Waals surface area contributed by atoms with E-state index in [0.717, 1.165) is 24.6 Å². The van der Waals surface area contributed by atoms with Gasteiger partial charge < -0.3 is 10.2 Å². The van der Waals surface area contributed by atoms with Crippen LogP contribution >= 0.6 is 0 Å². The minimum Gasteiger partial charge on any atom is -0.369 e. The summed E-state index contributed by atoms with van der Waals surface area (Å²) >= 11 is 0. The van der Waals surface area contributed by atoms with E-state index in [1.807, 2.05) is 14.0 Å². The van der Waals surface area contributed by atoms with E-state index in [2.05, 4.69) is 28.4 Å². The Hall–Kier alpha value is -1.54. The predicted octanol–water partition coefficient (Wildman–Crippen LogP) is 0.964. The van der Waals surface area contributed by atoms with E-state index in [1.54, 1.807) is 4.68 Å². The maximum absolute atomic E-state index is 9.10. The normalized spacial score (nSPS) is 20.5. The predicted molar refractivity (Wildman–Crippen MR) is 66.8 cm³/mol. The molecule has 1 fully saturated rings. The third kappa shape index (κ3) is 2.42. The van der Waals surface area contributed by atoms with Crippen LogP contribution in [-0.2, 0) is 7.05 Å². The van der Waals surface area contributed by atoms with Crippen LogP contribution in [0.3, 0.4) is 0 Å². The van der Waals surface area contributed by atoms with Crippen LogP contribution in [0, 0.1) is 24.2 Å². The van der Waals surface area contributed by atoms with Crippen molar-refractivity contribution in [3.8, 4) is 6.07 Å². The molecule has 5 nitrogen and oxygen atoms in total. The number of likely N-dealkylation sites (tertiary alicyclic amines) is 1.